The van der Waals surface area contributed by atoms with Crippen molar-refractivity contribution in [1.29, 1.82) is 0 Å². The van der Waals surface area contributed by atoms with Crippen LogP contribution in [0.25, 0.3) is 11.5 Å². The molecule has 0 aromatic carbocycles. The highest BCUT2D eigenvalue weighted by Crippen LogP contribution is 2.19. The summed E-state index contributed by atoms with van der Waals surface area (Å²) in [5, 5.41) is 2.72. The third-order valence-electron chi connectivity index (χ3n) is 4.62. The van der Waals surface area contributed by atoms with Gasteiger partial charge in [-0.25, -0.2) is 9.97 Å². The number of pyridine rings is 2. The lowest BCUT2D eigenvalue weighted by Crippen LogP contribution is -2.45. The molecule has 0 aliphatic carbocycles. The summed E-state index contributed by atoms with van der Waals surface area (Å²) in [6.45, 7) is 7.36. The molecule has 4 heterocycles. The normalized spacial score (nSPS) is 18.8. The highest BCUT2D eigenvalue weighted by Gasteiger charge is 2.23. The Kier molecular flexibility index (Phi) is 5.62. The van der Waals surface area contributed by atoms with E-state index in [1.54, 1.807) is 31.5 Å². The predicted molar refractivity (Wildman–Crippen MR) is 112 cm³/mol. The number of morpholine rings is 1. The van der Waals surface area contributed by atoms with E-state index in [0.717, 1.165) is 18.9 Å². The molecule has 1 saturated heterocycles. The second-order valence-corrected chi connectivity index (χ2v) is 7.27. The Labute approximate surface area is 174 Å². The van der Waals surface area contributed by atoms with Crippen molar-refractivity contribution < 1.29 is 9.53 Å². The molecule has 0 radical (unpaired) electrons. The van der Waals surface area contributed by atoms with E-state index in [9.17, 15) is 4.79 Å². The first-order valence-corrected chi connectivity index (χ1v) is 9.80. The third kappa shape index (κ3) is 4.57. The molecule has 1 amide bonds. The molecule has 154 valence electrons. The summed E-state index contributed by atoms with van der Waals surface area (Å²) in [6, 6.07) is 9.06. The summed E-state index contributed by atoms with van der Waals surface area (Å²) in [6.07, 6.45) is 3.50. The average molecular weight is 405 g/mol. The van der Waals surface area contributed by atoms with E-state index < -0.39 is 0 Å². The Morgan fingerprint density at radius 2 is 1.87 bits per heavy atom. The SMILES string of the molecule is Cc1nc(NC(=O)c2ccc(N3CC(C)OC(C)C3)nc2)nc(-c2ccccn2)n1. The summed E-state index contributed by atoms with van der Waals surface area (Å²) in [7, 11) is 0. The van der Waals surface area contributed by atoms with Gasteiger partial charge in [0.2, 0.25) is 5.95 Å². The first-order valence-electron chi connectivity index (χ1n) is 9.80. The smallest absolute Gasteiger partial charge is 0.259 e. The van der Waals surface area contributed by atoms with Crippen molar-refractivity contribution in [3.05, 3.63) is 54.1 Å². The average Bonchev–Trinajstić information content (AvgIpc) is 2.73. The summed E-state index contributed by atoms with van der Waals surface area (Å²) >= 11 is 0. The molecule has 1 aliphatic heterocycles. The Bertz CT molecular complexity index is 1020. The lowest BCUT2D eigenvalue weighted by molar-refractivity contribution is -0.00546. The van der Waals surface area contributed by atoms with Gasteiger partial charge >= 0.3 is 0 Å². The molecule has 0 spiro atoms. The molecule has 9 heteroatoms. The van der Waals surface area contributed by atoms with Crippen LogP contribution < -0.4 is 10.2 Å². The highest BCUT2D eigenvalue weighted by molar-refractivity contribution is 6.03. The van der Waals surface area contributed by atoms with E-state index in [-0.39, 0.29) is 24.1 Å². The Balaban J connectivity index is 1.48. The fourth-order valence-electron chi connectivity index (χ4n) is 3.39. The van der Waals surface area contributed by atoms with Gasteiger partial charge in [0.15, 0.2) is 5.82 Å². The van der Waals surface area contributed by atoms with E-state index in [2.05, 4.69) is 35.1 Å². The van der Waals surface area contributed by atoms with Crippen LogP contribution in [0.3, 0.4) is 0 Å². The van der Waals surface area contributed by atoms with Crippen LogP contribution in [0.15, 0.2) is 42.7 Å². The zero-order valence-electron chi connectivity index (χ0n) is 17.1. The maximum Gasteiger partial charge on any atom is 0.259 e. The zero-order valence-corrected chi connectivity index (χ0v) is 17.1. The highest BCUT2D eigenvalue weighted by atomic mass is 16.5. The van der Waals surface area contributed by atoms with Crippen LogP contribution in [0.2, 0.25) is 0 Å². The van der Waals surface area contributed by atoms with Crippen molar-refractivity contribution in [2.24, 2.45) is 0 Å². The van der Waals surface area contributed by atoms with E-state index in [4.69, 9.17) is 4.74 Å². The van der Waals surface area contributed by atoms with Gasteiger partial charge in [0.05, 0.1) is 17.8 Å². The van der Waals surface area contributed by atoms with E-state index >= 15 is 0 Å². The van der Waals surface area contributed by atoms with Crippen LogP contribution in [0, 0.1) is 6.92 Å². The number of rotatable bonds is 4. The fourth-order valence-corrected chi connectivity index (χ4v) is 3.39. The number of ether oxygens (including phenoxy) is 1. The van der Waals surface area contributed by atoms with Crippen LogP contribution in [0.4, 0.5) is 11.8 Å². The zero-order chi connectivity index (χ0) is 21.1. The van der Waals surface area contributed by atoms with Crippen molar-refractivity contribution in [2.75, 3.05) is 23.3 Å². The number of anilines is 2. The number of nitrogens with zero attached hydrogens (tertiary/aromatic N) is 6. The molecule has 2 atom stereocenters. The van der Waals surface area contributed by atoms with Gasteiger partial charge in [-0.1, -0.05) is 6.07 Å². The lowest BCUT2D eigenvalue weighted by Gasteiger charge is -2.36. The Hall–Kier alpha value is -3.46. The minimum Gasteiger partial charge on any atom is -0.372 e. The molecule has 1 fully saturated rings. The maximum absolute atomic E-state index is 12.7. The third-order valence-corrected chi connectivity index (χ3v) is 4.62. The first kappa shape index (κ1) is 19.8. The van der Waals surface area contributed by atoms with Gasteiger partial charge in [0.1, 0.15) is 17.3 Å². The number of nitrogens with one attached hydrogen (secondary N) is 1. The van der Waals surface area contributed by atoms with Crippen LogP contribution in [0.1, 0.15) is 30.0 Å². The topological polar surface area (TPSA) is 106 Å². The molecule has 1 N–H and O–H groups in total. The number of hydrogen-bond donors (Lipinski definition) is 1. The molecule has 2 unspecified atom stereocenters. The van der Waals surface area contributed by atoms with Crippen LogP contribution in [0.5, 0.6) is 0 Å². The van der Waals surface area contributed by atoms with Gasteiger partial charge in [-0.05, 0) is 45.0 Å². The number of aryl methyl sites for hydroxylation is 1. The molecule has 4 rings (SSSR count). The summed E-state index contributed by atoms with van der Waals surface area (Å²) in [5.74, 6) is 1.55. The van der Waals surface area contributed by atoms with Crippen molar-refractivity contribution in [2.45, 2.75) is 33.0 Å². The van der Waals surface area contributed by atoms with Crippen LogP contribution >= 0.6 is 0 Å². The molecular formula is C21H23N7O2. The van der Waals surface area contributed by atoms with Gasteiger partial charge in [-0.3, -0.25) is 15.1 Å². The summed E-state index contributed by atoms with van der Waals surface area (Å²) in [5.41, 5.74) is 1.03. The van der Waals surface area contributed by atoms with Gasteiger partial charge in [-0.2, -0.15) is 9.97 Å². The first-order chi connectivity index (χ1) is 14.5. The molecule has 3 aromatic rings. The minimum atomic E-state index is -0.338. The standard InChI is InChI=1S/C21H23N7O2/c1-13-11-28(12-14(2)30-13)18-8-7-16(10-23-18)20(29)27-21-25-15(3)24-19(26-21)17-6-4-5-9-22-17/h4-10,13-14H,11-12H2,1-3H3,(H,24,25,26,27,29). The van der Waals surface area contributed by atoms with Crippen LogP contribution in [-0.4, -0.2) is 56.1 Å². The van der Waals surface area contributed by atoms with Crippen LogP contribution in [-0.2, 0) is 4.74 Å². The molecule has 1 aliphatic rings. The Morgan fingerprint density at radius 1 is 1.07 bits per heavy atom. The summed E-state index contributed by atoms with van der Waals surface area (Å²) in [4.78, 5) is 36.4. The van der Waals surface area contributed by atoms with Gasteiger partial charge < -0.3 is 9.64 Å². The Morgan fingerprint density at radius 3 is 2.53 bits per heavy atom. The second kappa shape index (κ2) is 8.50. The predicted octanol–water partition coefficient (Wildman–Crippen LogP) is 2.50. The summed E-state index contributed by atoms with van der Waals surface area (Å²) < 4.78 is 5.76. The second-order valence-electron chi connectivity index (χ2n) is 7.27. The van der Waals surface area contributed by atoms with E-state index in [0.29, 0.717) is 22.9 Å². The molecule has 30 heavy (non-hydrogen) atoms. The van der Waals surface area contributed by atoms with Crippen molar-refractivity contribution >= 4 is 17.7 Å². The maximum atomic E-state index is 12.7. The number of aromatic nitrogens is 5. The van der Waals surface area contributed by atoms with E-state index in [1.807, 2.05) is 32.0 Å². The van der Waals surface area contributed by atoms with Crippen molar-refractivity contribution in [3.63, 3.8) is 0 Å². The number of hydrogen-bond acceptors (Lipinski definition) is 8. The van der Waals surface area contributed by atoms with Gasteiger partial charge in [-0.15, -0.1) is 0 Å². The van der Waals surface area contributed by atoms with Crippen molar-refractivity contribution in [1.82, 2.24) is 24.9 Å². The molecule has 9 nitrogen and oxygen atoms in total. The minimum absolute atomic E-state index is 0.138. The van der Waals surface area contributed by atoms with Crippen molar-refractivity contribution in [3.8, 4) is 11.5 Å². The molecular weight excluding hydrogens is 382 g/mol. The molecule has 0 saturated carbocycles. The lowest BCUT2D eigenvalue weighted by atomic mass is 10.2. The molecule has 3 aromatic heterocycles. The quantitative estimate of drug-likeness (QED) is 0.706. The monoisotopic (exact) mass is 405 g/mol. The number of amides is 1. The van der Waals surface area contributed by atoms with Gasteiger partial charge in [0, 0.05) is 25.5 Å². The van der Waals surface area contributed by atoms with Gasteiger partial charge in [0.25, 0.3) is 5.91 Å². The largest absolute Gasteiger partial charge is 0.372 e. The van der Waals surface area contributed by atoms with E-state index in [1.165, 1.54) is 0 Å². The fraction of sp³-hybridized carbons (Fsp3) is 0.333. The molecule has 0 bridgehead atoms. The number of carbonyl (C=O) groups excluding carboxylic acids is 1. The number of carbonyl (C=O) groups is 1.